The van der Waals surface area contributed by atoms with Crippen molar-refractivity contribution in [3.63, 3.8) is 0 Å². The number of epoxide rings is 1. The van der Waals surface area contributed by atoms with Crippen molar-refractivity contribution in [3.8, 4) is 34.5 Å². The Labute approximate surface area is 576 Å². The number of hydrogen-bond acceptors (Lipinski definition) is 21. The lowest BCUT2D eigenvalue weighted by atomic mass is 10.2. The van der Waals surface area contributed by atoms with Crippen LogP contribution in [0.15, 0.2) is 197 Å². The number of aromatic nitrogens is 6. The molecule has 0 saturated carbocycles. The molecule has 6 aromatic carbocycles. The van der Waals surface area contributed by atoms with E-state index in [1.165, 1.54) is 46.7 Å². The molecule has 4 unspecified atom stereocenters. The first kappa shape index (κ1) is 73.0. The molecule has 13 rings (SSSR count). The number of benzene rings is 6. The Morgan fingerprint density at radius 3 is 0.879 bits per heavy atom. The van der Waals surface area contributed by atoms with Crippen molar-refractivity contribution in [2.24, 2.45) is 0 Å². The summed E-state index contributed by atoms with van der Waals surface area (Å²) in [6.45, 7) is 3.69. The number of nitrogens with zero attached hydrogens (tertiary/aromatic N) is 8. The van der Waals surface area contributed by atoms with Gasteiger partial charge in [-0.3, -0.25) is 14.5 Å². The second-order valence-corrected chi connectivity index (χ2v) is 28.9. The second kappa shape index (κ2) is 33.9. The minimum atomic E-state index is -3.94. The van der Waals surface area contributed by atoms with Crippen molar-refractivity contribution in [2.45, 2.75) is 90.8 Å². The maximum Gasteiger partial charge on any atom is 0.262 e. The second-order valence-electron chi connectivity index (χ2n) is 23.2. The predicted molar refractivity (Wildman–Crippen MR) is 362 cm³/mol. The Hall–Kier alpha value is -8.76. The third-order valence-corrected chi connectivity index (χ3v) is 21.6. The highest BCUT2D eigenvalue weighted by Gasteiger charge is 2.44. The van der Waals surface area contributed by atoms with Crippen molar-refractivity contribution in [3.05, 3.63) is 216 Å². The van der Waals surface area contributed by atoms with Crippen LogP contribution in [0.2, 0.25) is 0 Å². The molecule has 0 spiro atoms. The van der Waals surface area contributed by atoms with Crippen molar-refractivity contribution < 1.29 is 82.8 Å². The average molecular weight is 1420 g/mol. The van der Waals surface area contributed by atoms with E-state index in [2.05, 4.69) is 20.4 Å². The molecular formula is C69H81N9O18S3. The summed E-state index contributed by atoms with van der Waals surface area (Å²) in [5.41, 5.74) is 4.96. The smallest absolute Gasteiger partial charge is 0.262 e. The molecule has 528 valence electrons. The van der Waals surface area contributed by atoms with Crippen molar-refractivity contribution in [2.75, 3.05) is 82.3 Å². The number of H-pyrrole nitrogens is 1. The molecule has 7 heterocycles. The zero-order valence-corrected chi connectivity index (χ0v) is 57.9. The minimum absolute atomic E-state index is 0.0597. The van der Waals surface area contributed by atoms with E-state index in [0.29, 0.717) is 35.2 Å². The number of ether oxygens (including phenoxy) is 10. The first-order chi connectivity index (χ1) is 47.8. The maximum atomic E-state index is 13.6. The number of aliphatic hydroxyl groups excluding tert-OH is 2. The predicted octanol–water partition coefficient (Wildman–Crippen LogP) is 7.05. The highest BCUT2D eigenvalue weighted by Crippen LogP contribution is 2.30. The number of nitrogens with one attached hydrogen (secondary N) is 1. The number of methoxy groups -OCH3 is 6. The van der Waals surface area contributed by atoms with E-state index < -0.39 is 54.4 Å². The third-order valence-electron chi connectivity index (χ3n) is 16.6. The van der Waals surface area contributed by atoms with Crippen LogP contribution in [0, 0.1) is 0 Å². The molecule has 4 aliphatic heterocycles. The zero-order valence-electron chi connectivity index (χ0n) is 55.5. The van der Waals surface area contributed by atoms with E-state index in [1.54, 1.807) is 104 Å². The molecule has 0 bridgehead atoms. The highest BCUT2D eigenvalue weighted by molar-refractivity contribution is 7.89. The topological polar surface area (TPSA) is 313 Å². The molecule has 3 N–H and O–H groups in total. The summed E-state index contributed by atoms with van der Waals surface area (Å²) in [6, 6.07) is 47.2. The van der Waals surface area contributed by atoms with E-state index in [4.69, 9.17) is 47.4 Å². The lowest BCUT2D eigenvalue weighted by molar-refractivity contribution is 0.100. The minimum Gasteiger partial charge on any atom is -0.497 e. The van der Waals surface area contributed by atoms with Crippen LogP contribution in [0.25, 0.3) is 0 Å². The fourth-order valence-electron chi connectivity index (χ4n) is 10.7. The molecule has 27 nitrogen and oxygen atoms in total. The van der Waals surface area contributed by atoms with Gasteiger partial charge in [0.2, 0.25) is 0 Å². The van der Waals surface area contributed by atoms with Gasteiger partial charge in [0.1, 0.15) is 71.0 Å². The Balaban J connectivity index is 0.000000154. The monoisotopic (exact) mass is 1420 g/mol. The number of aromatic amines is 1. The van der Waals surface area contributed by atoms with E-state index in [1.807, 2.05) is 97.1 Å². The SMILES string of the molecule is C1OCC2OC12.COc1ccc(CN(Cc2ccc(OC)cc2)S(=O)(=O)c2ccn(C3COC[C@@H]3O)n2)cc1.COc1ccc(CN(Cc2ccc(OC)cc2)S(=O)(=O)c2ccn(C3COC[C@H]3O)n2)cc1.COc1ccc(CN(Cc2ccc(OC)cc2)S(=O)(=O)c2ccn[nH]2)cc1. The molecule has 9 aromatic rings. The number of sulfonamides is 3. The molecule has 99 heavy (non-hydrogen) atoms. The summed E-state index contributed by atoms with van der Waals surface area (Å²) in [5, 5.41) is 34.9. The number of aliphatic hydroxyl groups is 2. The average Bonchev–Trinajstić information content (AvgIpc) is 1.11. The molecule has 0 radical (unpaired) electrons. The summed E-state index contributed by atoms with van der Waals surface area (Å²) in [4.78, 5) is 0. The maximum absolute atomic E-state index is 13.6. The molecule has 0 amide bonds. The standard InChI is InChI=1S/2C23H27N3O6S.C19H21N3O4S.C4H6O2/c2*1-30-19-7-3-17(4-8-19)13-25(14-18-5-9-20(31-2)10-6-18)33(28,29)23-11-12-26(24-23)21-15-32-16-22(21)27;1-25-17-7-3-15(4-8-17)13-22(27(23,24)19-11-12-20-21-19)14-16-5-9-18(26-2)10-6-16;1-3-4(6-3)2-5-1/h2*3-12,21-22,27H,13-16H2,1-2H3;3-12H,13-14H2,1-2H3,(H,20,21);3-4H,1-2H2/t2*21?,22-;;/m10../s1. The van der Waals surface area contributed by atoms with Crippen LogP contribution in [0.1, 0.15) is 45.5 Å². The molecule has 0 aliphatic carbocycles. The fourth-order valence-corrected chi connectivity index (χ4v) is 14.7. The van der Waals surface area contributed by atoms with Gasteiger partial charge < -0.3 is 57.6 Å². The first-order valence-electron chi connectivity index (χ1n) is 31.4. The van der Waals surface area contributed by atoms with Crippen molar-refractivity contribution in [1.82, 2.24) is 42.7 Å². The van der Waals surface area contributed by atoms with Crippen LogP contribution in [0.4, 0.5) is 0 Å². The summed E-state index contributed by atoms with van der Waals surface area (Å²) in [5.74, 6) is 4.21. The van der Waals surface area contributed by atoms with Gasteiger partial charge >= 0.3 is 0 Å². The van der Waals surface area contributed by atoms with Crippen molar-refractivity contribution in [1.29, 1.82) is 0 Å². The number of fused-ring (bicyclic) bond motifs is 1. The van der Waals surface area contributed by atoms with Gasteiger partial charge in [-0.1, -0.05) is 72.8 Å². The van der Waals surface area contributed by atoms with Crippen LogP contribution in [-0.4, -0.2) is 185 Å². The Bertz CT molecular complexity index is 3980. The summed E-state index contributed by atoms with van der Waals surface area (Å²) < 4.78 is 139. The zero-order chi connectivity index (χ0) is 70.1. The Morgan fingerprint density at radius 1 is 0.394 bits per heavy atom. The van der Waals surface area contributed by atoms with Gasteiger partial charge in [0, 0.05) is 51.7 Å². The molecule has 30 heteroatoms. The molecule has 4 fully saturated rings. The fraction of sp³-hybridized carbons (Fsp3) is 0.348. The molecule has 4 saturated heterocycles. The highest BCUT2D eigenvalue weighted by atomic mass is 32.2. The quantitative estimate of drug-likeness (QED) is 0.0457. The third kappa shape index (κ3) is 19.2. The van der Waals surface area contributed by atoms with Gasteiger partial charge in [0.15, 0.2) is 15.1 Å². The largest absolute Gasteiger partial charge is 0.497 e. The van der Waals surface area contributed by atoms with E-state index in [0.717, 1.165) is 58.1 Å². The molecule has 6 atom stereocenters. The van der Waals surface area contributed by atoms with E-state index in [9.17, 15) is 35.5 Å². The van der Waals surface area contributed by atoms with Gasteiger partial charge in [-0.15, -0.1) is 0 Å². The van der Waals surface area contributed by atoms with Crippen LogP contribution >= 0.6 is 0 Å². The van der Waals surface area contributed by atoms with Gasteiger partial charge in [0.05, 0.1) is 88.5 Å². The summed E-state index contributed by atoms with van der Waals surface area (Å²) >= 11 is 0. The summed E-state index contributed by atoms with van der Waals surface area (Å²) in [7, 11) is -2.10. The summed E-state index contributed by atoms with van der Waals surface area (Å²) in [6.07, 6.45) is 4.08. The van der Waals surface area contributed by atoms with Gasteiger partial charge in [0.25, 0.3) is 30.1 Å². The lowest BCUT2D eigenvalue weighted by Crippen LogP contribution is -2.31. The van der Waals surface area contributed by atoms with Crippen LogP contribution in [0.3, 0.4) is 0 Å². The van der Waals surface area contributed by atoms with Gasteiger partial charge in [-0.05, 0) is 124 Å². The lowest BCUT2D eigenvalue weighted by Gasteiger charge is -2.22. The Kier molecular flexibility index (Phi) is 25.0. The van der Waals surface area contributed by atoms with Crippen molar-refractivity contribution >= 4 is 30.1 Å². The Morgan fingerprint density at radius 2 is 0.667 bits per heavy atom. The molecule has 4 aliphatic rings. The number of rotatable bonds is 26. The van der Waals surface area contributed by atoms with E-state index in [-0.39, 0.29) is 80.8 Å². The normalized spacial score (nSPS) is 18.7. The van der Waals surface area contributed by atoms with Gasteiger partial charge in [-0.25, -0.2) is 25.3 Å². The van der Waals surface area contributed by atoms with Crippen LogP contribution in [-0.2, 0) is 88.3 Å². The number of hydrogen-bond donors (Lipinski definition) is 3. The van der Waals surface area contributed by atoms with E-state index >= 15 is 0 Å². The molecular weight excluding hydrogens is 1340 g/mol. The van der Waals surface area contributed by atoms with Crippen LogP contribution < -0.4 is 28.4 Å². The first-order valence-corrected chi connectivity index (χ1v) is 35.7. The van der Waals surface area contributed by atoms with Crippen LogP contribution in [0.5, 0.6) is 34.5 Å². The molecule has 3 aromatic heterocycles. The van der Waals surface area contributed by atoms with Gasteiger partial charge in [-0.2, -0.15) is 28.2 Å².